The number of carbonyl (C=O) groups is 1. The van der Waals surface area contributed by atoms with Crippen molar-refractivity contribution in [2.75, 3.05) is 25.4 Å². The van der Waals surface area contributed by atoms with Gasteiger partial charge in [0.15, 0.2) is 5.82 Å². The first-order chi connectivity index (χ1) is 15.4. The summed E-state index contributed by atoms with van der Waals surface area (Å²) in [5.74, 6) is 0.406. The fourth-order valence-corrected chi connectivity index (χ4v) is 4.17. The topological polar surface area (TPSA) is 107 Å². The van der Waals surface area contributed by atoms with E-state index in [0.717, 1.165) is 17.5 Å². The predicted octanol–water partition coefficient (Wildman–Crippen LogP) is 3.83. The average Bonchev–Trinajstić information content (AvgIpc) is 3.23. The Morgan fingerprint density at radius 3 is 2.53 bits per heavy atom. The van der Waals surface area contributed by atoms with Crippen molar-refractivity contribution in [1.82, 2.24) is 14.9 Å². The molecule has 2 aromatic carbocycles. The van der Waals surface area contributed by atoms with Crippen molar-refractivity contribution in [3.05, 3.63) is 69.8 Å². The molecule has 0 radical (unpaired) electrons. The molecule has 3 aromatic rings. The van der Waals surface area contributed by atoms with Crippen LogP contribution in [0.5, 0.6) is 5.88 Å². The number of rotatable bonds is 6. The standard InChI is InChI=1S/C23H23Cl2N5O2/c24-18-2-1-3-19(25)17(18)9-11-32-22-21(27)28-12-20(29-22)14-4-6-15(7-5-14)23(31)30-10-8-16(26)13-30/h1-7,12,16H,8-11,13,26H2,(H2,27,28). The van der Waals surface area contributed by atoms with Crippen molar-refractivity contribution in [2.45, 2.75) is 18.9 Å². The lowest BCUT2D eigenvalue weighted by molar-refractivity contribution is 0.0791. The van der Waals surface area contributed by atoms with Gasteiger partial charge in [0.2, 0.25) is 0 Å². The highest BCUT2D eigenvalue weighted by Gasteiger charge is 2.24. The van der Waals surface area contributed by atoms with Crippen molar-refractivity contribution < 1.29 is 9.53 Å². The van der Waals surface area contributed by atoms with Gasteiger partial charge in [0.05, 0.1) is 18.5 Å². The Bertz CT molecular complexity index is 1100. The lowest BCUT2D eigenvalue weighted by Gasteiger charge is -2.16. The molecule has 1 amide bonds. The zero-order chi connectivity index (χ0) is 22.7. The van der Waals surface area contributed by atoms with Crippen molar-refractivity contribution >= 4 is 34.9 Å². The van der Waals surface area contributed by atoms with Crippen molar-refractivity contribution in [2.24, 2.45) is 5.73 Å². The Morgan fingerprint density at radius 2 is 1.88 bits per heavy atom. The SMILES string of the molecule is Nc1ncc(-c2ccc(C(=O)N3CCC(N)C3)cc2)nc1OCCc1c(Cl)cccc1Cl. The molecule has 9 heteroatoms. The molecule has 2 heterocycles. The Hall–Kier alpha value is -2.87. The van der Waals surface area contributed by atoms with E-state index in [1.54, 1.807) is 41.4 Å². The Labute approximate surface area is 196 Å². The monoisotopic (exact) mass is 471 g/mol. The molecule has 0 aliphatic carbocycles. The van der Waals surface area contributed by atoms with Gasteiger partial charge in [-0.05, 0) is 36.2 Å². The third kappa shape index (κ3) is 4.96. The third-order valence-corrected chi connectivity index (χ3v) is 6.07. The van der Waals surface area contributed by atoms with E-state index in [-0.39, 0.29) is 30.3 Å². The van der Waals surface area contributed by atoms with Crippen LogP contribution in [0.4, 0.5) is 5.82 Å². The Balaban J connectivity index is 1.44. The number of hydrogen-bond acceptors (Lipinski definition) is 6. The van der Waals surface area contributed by atoms with Gasteiger partial charge in [-0.1, -0.05) is 41.4 Å². The van der Waals surface area contributed by atoms with E-state index in [1.807, 2.05) is 12.1 Å². The molecule has 1 aliphatic heterocycles. The van der Waals surface area contributed by atoms with Gasteiger partial charge in [0.25, 0.3) is 11.8 Å². The summed E-state index contributed by atoms with van der Waals surface area (Å²) in [6.07, 6.45) is 2.90. The molecule has 32 heavy (non-hydrogen) atoms. The summed E-state index contributed by atoms with van der Waals surface area (Å²) >= 11 is 12.4. The van der Waals surface area contributed by atoms with Crippen LogP contribution >= 0.6 is 23.2 Å². The van der Waals surface area contributed by atoms with E-state index in [0.29, 0.717) is 40.8 Å². The zero-order valence-electron chi connectivity index (χ0n) is 17.3. The minimum Gasteiger partial charge on any atom is -0.475 e. The normalized spacial score (nSPS) is 15.7. The van der Waals surface area contributed by atoms with Gasteiger partial charge >= 0.3 is 0 Å². The maximum absolute atomic E-state index is 12.6. The van der Waals surface area contributed by atoms with Gasteiger partial charge in [0, 0.05) is 46.7 Å². The Morgan fingerprint density at radius 1 is 1.16 bits per heavy atom. The van der Waals surface area contributed by atoms with Crippen molar-refractivity contribution in [3.63, 3.8) is 0 Å². The number of benzene rings is 2. The number of likely N-dealkylation sites (tertiary alicyclic amines) is 1. The molecule has 1 aliphatic rings. The lowest BCUT2D eigenvalue weighted by atomic mass is 10.1. The first-order valence-corrected chi connectivity index (χ1v) is 11.0. The molecule has 0 saturated carbocycles. The minimum absolute atomic E-state index is 0.0184. The summed E-state index contributed by atoms with van der Waals surface area (Å²) in [7, 11) is 0. The van der Waals surface area contributed by atoms with Crippen LogP contribution in [0, 0.1) is 0 Å². The number of ether oxygens (including phenoxy) is 1. The predicted molar refractivity (Wildman–Crippen MR) is 126 cm³/mol. The fraction of sp³-hybridized carbons (Fsp3) is 0.261. The average molecular weight is 472 g/mol. The van der Waals surface area contributed by atoms with E-state index < -0.39 is 0 Å². The molecule has 4 rings (SSSR count). The first-order valence-electron chi connectivity index (χ1n) is 10.3. The van der Waals surface area contributed by atoms with Gasteiger partial charge in [-0.15, -0.1) is 0 Å². The fourth-order valence-electron chi connectivity index (χ4n) is 3.59. The van der Waals surface area contributed by atoms with E-state index in [2.05, 4.69) is 9.97 Å². The second-order valence-corrected chi connectivity index (χ2v) is 8.44. The van der Waals surface area contributed by atoms with Crippen LogP contribution < -0.4 is 16.2 Å². The number of carbonyl (C=O) groups excluding carboxylic acids is 1. The number of nitrogens with zero attached hydrogens (tertiary/aromatic N) is 3. The summed E-state index contributed by atoms with van der Waals surface area (Å²) in [6.45, 7) is 1.56. The summed E-state index contributed by atoms with van der Waals surface area (Å²) in [5, 5.41) is 1.17. The molecule has 0 bridgehead atoms. The largest absolute Gasteiger partial charge is 0.475 e. The number of hydrogen-bond donors (Lipinski definition) is 2. The van der Waals surface area contributed by atoms with Gasteiger partial charge in [-0.2, -0.15) is 0 Å². The number of anilines is 1. The van der Waals surface area contributed by atoms with Gasteiger partial charge < -0.3 is 21.1 Å². The molecule has 1 aromatic heterocycles. The molecular weight excluding hydrogens is 449 g/mol. The van der Waals surface area contributed by atoms with E-state index >= 15 is 0 Å². The summed E-state index contributed by atoms with van der Waals surface area (Å²) < 4.78 is 5.76. The Kier molecular flexibility index (Phi) is 6.79. The van der Waals surface area contributed by atoms with Crippen LogP contribution in [0.15, 0.2) is 48.7 Å². The van der Waals surface area contributed by atoms with E-state index in [1.165, 1.54) is 0 Å². The van der Waals surface area contributed by atoms with Crippen LogP contribution in [0.3, 0.4) is 0 Å². The number of amides is 1. The summed E-state index contributed by atoms with van der Waals surface area (Å²) in [5.41, 5.74) is 14.6. The molecule has 1 unspecified atom stereocenters. The molecule has 7 nitrogen and oxygen atoms in total. The number of aromatic nitrogens is 2. The van der Waals surface area contributed by atoms with Crippen LogP contribution in [-0.2, 0) is 6.42 Å². The van der Waals surface area contributed by atoms with Crippen molar-refractivity contribution in [1.29, 1.82) is 0 Å². The van der Waals surface area contributed by atoms with Crippen LogP contribution in [0.1, 0.15) is 22.3 Å². The van der Waals surface area contributed by atoms with Gasteiger partial charge in [0.1, 0.15) is 0 Å². The van der Waals surface area contributed by atoms with Crippen molar-refractivity contribution in [3.8, 4) is 17.1 Å². The maximum atomic E-state index is 12.6. The minimum atomic E-state index is -0.0184. The highest BCUT2D eigenvalue weighted by molar-refractivity contribution is 6.36. The summed E-state index contributed by atoms with van der Waals surface area (Å²) in [6, 6.07) is 12.6. The highest BCUT2D eigenvalue weighted by atomic mass is 35.5. The first kappa shape index (κ1) is 22.3. The molecule has 4 N–H and O–H groups in total. The van der Waals surface area contributed by atoms with E-state index in [9.17, 15) is 4.79 Å². The van der Waals surface area contributed by atoms with Gasteiger partial charge in [-0.3, -0.25) is 4.79 Å². The van der Waals surface area contributed by atoms with E-state index in [4.69, 9.17) is 39.4 Å². The third-order valence-electron chi connectivity index (χ3n) is 5.36. The molecule has 166 valence electrons. The number of nitrogens with two attached hydrogens (primary N) is 2. The molecule has 1 atom stereocenters. The van der Waals surface area contributed by atoms with Crippen LogP contribution in [-0.4, -0.2) is 46.5 Å². The second-order valence-electron chi connectivity index (χ2n) is 7.62. The second kappa shape index (κ2) is 9.73. The molecule has 1 saturated heterocycles. The molecule has 1 fully saturated rings. The molecular formula is C23H23Cl2N5O2. The quantitative estimate of drug-likeness (QED) is 0.565. The van der Waals surface area contributed by atoms with Crippen LogP contribution in [0.25, 0.3) is 11.3 Å². The smallest absolute Gasteiger partial charge is 0.257 e. The number of nitrogen functional groups attached to an aromatic ring is 1. The van der Waals surface area contributed by atoms with Gasteiger partial charge in [-0.25, -0.2) is 9.97 Å². The summed E-state index contributed by atoms with van der Waals surface area (Å²) in [4.78, 5) is 23.1. The highest BCUT2D eigenvalue weighted by Crippen LogP contribution is 2.26. The number of halogens is 2. The maximum Gasteiger partial charge on any atom is 0.257 e. The molecule has 0 spiro atoms. The lowest BCUT2D eigenvalue weighted by Crippen LogP contribution is -2.31. The van der Waals surface area contributed by atoms with Crippen LogP contribution in [0.2, 0.25) is 10.0 Å². The zero-order valence-corrected chi connectivity index (χ0v) is 18.8.